The average Bonchev–Trinajstić information content (AvgIpc) is 2.71. The summed E-state index contributed by atoms with van der Waals surface area (Å²) in [6.07, 6.45) is 6.52. The summed E-state index contributed by atoms with van der Waals surface area (Å²) in [4.78, 5) is 17.4. The van der Waals surface area contributed by atoms with Crippen molar-refractivity contribution < 1.29 is 4.79 Å². The molecule has 0 aliphatic carbocycles. The van der Waals surface area contributed by atoms with Crippen LogP contribution in [0.15, 0.2) is 18.3 Å². The van der Waals surface area contributed by atoms with E-state index in [-0.39, 0.29) is 5.91 Å². The fraction of sp³-hybridized carbons (Fsp3) is 0.400. The third kappa shape index (κ3) is 1.69. The van der Waals surface area contributed by atoms with Crippen molar-refractivity contribution in [2.45, 2.75) is 12.8 Å². The van der Waals surface area contributed by atoms with Crippen molar-refractivity contribution in [3.05, 3.63) is 30.1 Å². The molecule has 0 atom stereocenters. The number of likely N-dealkylation sites (tertiary alicyclic amines) is 1. The molecule has 0 aromatic carbocycles. The molecule has 1 fully saturated rings. The van der Waals surface area contributed by atoms with E-state index in [4.69, 9.17) is 0 Å². The summed E-state index contributed by atoms with van der Waals surface area (Å²) in [5.41, 5.74) is 0.692. The number of carbonyl (C=O) groups excluding carboxylic acids is 1. The molecule has 67 valence electrons. The second kappa shape index (κ2) is 3.56. The molecule has 1 radical (unpaired) electrons. The first-order valence-corrected chi connectivity index (χ1v) is 4.49. The minimum absolute atomic E-state index is 0.108. The molecule has 1 aromatic rings. The summed E-state index contributed by atoms with van der Waals surface area (Å²) < 4.78 is 0. The molecule has 1 aromatic heterocycles. The SMILES string of the molecule is O=C(c1c[c]ncc1)N1CCCC1. The Morgan fingerprint density at radius 3 is 2.85 bits per heavy atom. The van der Waals surface area contributed by atoms with Gasteiger partial charge in [-0.2, -0.15) is 0 Å². The fourth-order valence-corrected chi connectivity index (χ4v) is 1.55. The van der Waals surface area contributed by atoms with E-state index >= 15 is 0 Å². The summed E-state index contributed by atoms with van der Waals surface area (Å²) >= 11 is 0. The van der Waals surface area contributed by atoms with Gasteiger partial charge in [-0.15, -0.1) is 0 Å². The predicted molar refractivity (Wildman–Crippen MR) is 48.2 cm³/mol. The van der Waals surface area contributed by atoms with Gasteiger partial charge in [0.05, 0.1) is 6.20 Å². The van der Waals surface area contributed by atoms with Crippen molar-refractivity contribution in [3.8, 4) is 0 Å². The highest BCUT2D eigenvalue weighted by atomic mass is 16.2. The van der Waals surface area contributed by atoms with Crippen LogP contribution in [0.4, 0.5) is 0 Å². The maximum absolute atomic E-state index is 11.7. The normalized spacial score (nSPS) is 16.2. The van der Waals surface area contributed by atoms with Crippen molar-refractivity contribution >= 4 is 5.91 Å². The lowest BCUT2D eigenvalue weighted by Gasteiger charge is -2.14. The quantitative estimate of drug-likeness (QED) is 0.640. The van der Waals surface area contributed by atoms with Crippen LogP contribution in [0.1, 0.15) is 23.2 Å². The molecule has 13 heavy (non-hydrogen) atoms. The van der Waals surface area contributed by atoms with Crippen LogP contribution in [0.2, 0.25) is 0 Å². The van der Waals surface area contributed by atoms with Crippen LogP contribution in [0, 0.1) is 6.20 Å². The molecule has 2 heterocycles. The van der Waals surface area contributed by atoms with E-state index in [0.29, 0.717) is 5.56 Å². The van der Waals surface area contributed by atoms with Crippen LogP contribution in [0.25, 0.3) is 0 Å². The first kappa shape index (κ1) is 8.23. The second-order valence-corrected chi connectivity index (χ2v) is 3.17. The summed E-state index contributed by atoms with van der Waals surface area (Å²) in [5.74, 6) is 0.108. The summed E-state index contributed by atoms with van der Waals surface area (Å²) in [6, 6.07) is 3.37. The van der Waals surface area contributed by atoms with Crippen LogP contribution < -0.4 is 0 Å². The highest BCUT2D eigenvalue weighted by Crippen LogP contribution is 2.11. The third-order valence-corrected chi connectivity index (χ3v) is 2.26. The molecular weight excluding hydrogens is 164 g/mol. The van der Waals surface area contributed by atoms with Crippen molar-refractivity contribution in [2.24, 2.45) is 0 Å². The number of hydrogen-bond donors (Lipinski definition) is 0. The smallest absolute Gasteiger partial charge is 0.253 e. The Balaban J connectivity index is 2.13. The Hall–Kier alpha value is -1.38. The Morgan fingerprint density at radius 1 is 1.46 bits per heavy atom. The Morgan fingerprint density at radius 2 is 2.23 bits per heavy atom. The lowest BCUT2D eigenvalue weighted by molar-refractivity contribution is 0.0792. The van der Waals surface area contributed by atoms with Gasteiger partial charge in [-0.3, -0.25) is 9.78 Å². The van der Waals surface area contributed by atoms with Crippen molar-refractivity contribution in [1.29, 1.82) is 0 Å². The monoisotopic (exact) mass is 175 g/mol. The van der Waals surface area contributed by atoms with Gasteiger partial charge in [0.25, 0.3) is 5.91 Å². The Bertz CT molecular complexity index is 291. The molecule has 3 nitrogen and oxygen atoms in total. The number of aromatic nitrogens is 1. The van der Waals surface area contributed by atoms with Gasteiger partial charge in [-0.1, -0.05) is 0 Å². The highest BCUT2D eigenvalue weighted by Gasteiger charge is 2.18. The van der Waals surface area contributed by atoms with Gasteiger partial charge in [0.2, 0.25) is 0 Å². The molecule has 3 heteroatoms. The second-order valence-electron chi connectivity index (χ2n) is 3.17. The highest BCUT2D eigenvalue weighted by molar-refractivity contribution is 5.94. The van der Waals surface area contributed by atoms with E-state index in [2.05, 4.69) is 11.2 Å². The van der Waals surface area contributed by atoms with Crippen LogP contribution in [-0.4, -0.2) is 28.9 Å². The first-order chi connectivity index (χ1) is 6.38. The maximum atomic E-state index is 11.7. The molecule has 1 amide bonds. The minimum Gasteiger partial charge on any atom is -0.339 e. The lowest BCUT2D eigenvalue weighted by atomic mass is 10.2. The van der Waals surface area contributed by atoms with Crippen LogP contribution in [-0.2, 0) is 0 Å². The van der Waals surface area contributed by atoms with E-state index < -0.39 is 0 Å². The minimum atomic E-state index is 0.108. The molecule has 1 saturated heterocycles. The summed E-state index contributed by atoms with van der Waals surface area (Å²) in [5, 5.41) is 0. The first-order valence-electron chi connectivity index (χ1n) is 4.49. The maximum Gasteiger partial charge on any atom is 0.253 e. The molecule has 1 aliphatic rings. The van der Waals surface area contributed by atoms with Gasteiger partial charge in [-0.05, 0) is 25.0 Å². The molecule has 2 rings (SSSR count). The van der Waals surface area contributed by atoms with E-state index in [1.165, 1.54) is 0 Å². The van der Waals surface area contributed by atoms with Gasteiger partial charge in [0, 0.05) is 24.8 Å². The van der Waals surface area contributed by atoms with Gasteiger partial charge in [0.1, 0.15) is 0 Å². The largest absolute Gasteiger partial charge is 0.339 e. The molecule has 0 N–H and O–H groups in total. The number of amides is 1. The van der Waals surface area contributed by atoms with E-state index in [9.17, 15) is 4.79 Å². The topological polar surface area (TPSA) is 33.2 Å². The molecule has 0 unspecified atom stereocenters. The molecule has 0 spiro atoms. The Labute approximate surface area is 77.4 Å². The van der Waals surface area contributed by atoms with Crippen molar-refractivity contribution in [3.63, 3.8) is 0 Å². The number of nitrogens with zero attached hydrogens (tertiary/aromatic N) is 2. The Kier molecular flexibility index (Phi) is 2.25. The van der Waals surface area contributed by atoms with E-state index in [0.717, 1.165) is 25.9 Å². The number of hydrogen-bond acceptors (Lipinski definition) is 2. The van der Waals surface area contributed by atoms with Gasteiger partial charge < -0.3 is 4.90 Å². The van der Waals surface area contributed by atoms with Crippen molar-refractivity contribution in [2.75, 3.05) is 13.1 Å². The van der Waals surface area contributed by atoms with Gasteiger partial charge in [0.15, 0.2) is 0 Å². The number of rotatable bonds is 1. The predicted octanol–water partition coefficient (Wildman–Crippen LogP) is 1.12. The lowest BCUT2D eigenvalue weighted by Crippen LogP contribution is -2.27. The summed E-state index contributed by atoms with van der Waals surface area (Å²) in [6.45, 7) is 1.78. The van der Waals surface area contributed by atoms with Gasteiger partial charge >= 0.3 is 0 Å². The summed E-state index contributed by atoms with van der Waals surface area (Å²) in [7, 11) is 0. The zero-order valence-electron chi connectivity index (χ0n) is 7.36. The average molecular weight is 175 g/mol. The zero-order chi connectivity index (χ0) is 9.10. The van der Waals surface area contributed by atoms with Crippen molar-refractivity contribution in [1.82, 2.24) is 9.88 Å². The van der Waals surface area contributed by atoms with Crippen LogP contribution in [0.3, 0.4) is 0 Å². The van der Waals surface area contributed by atoms with E-state index in [1.807, 2.05) is 4.90 Å². The molecule has 1 aliphatic heterocycles. The molecule has 0 bridgehead atoms. The van der Waals surface area contributed by atoms with E-state index in [1.54, 1.807) is 18.3 Å². The number of pyridine rings is 1. The zero-order valence-corrected chi connectivity index (χ0v) is 7.36. The molecular formula is C10H11N2O. The van der Waals surface area contributed by atoms with Crippen LogP contribution >= 0.6 is 0 Å². The fourth-order valence-electron chi connectivity index (χ4n) is 1.55. The van der Waals surface area contributed by atoms with Crippen LogP contribution in [0.5, 0.6) is 0 Å². The third-order valence-electron chi connectivity index (χ3n) is 2.26. The molecule has 0 saturated carbocycles. The number of carbonyl (C=O) groups is 1. The van der Waals surface area contributed by atoms with Gasteiger partial charge in [-0.25, -0.2) is 0 Å². The standard InChI is InChI=1S/C10H11N2O/c13-10(12-7-1-2-8-12)9-3-5-11-6-4-9/h3-5H,1-2,7-8H2.